The highest BCUT2D eigenvalue weighted by molar-refractivity contribution is 5.77. The summed E-state index contributed by atoms with van der Waals surface area (Å²) in [7, 11) is 0. The van der Waals surface area contributed by atoms with Gasteiger partial charge in [-0.05, 0) is 25.2 Å². The average Bonchev–Trinajstić information content (AvgIpc) is 2.07. The van der Waals surface area contributed by atoms with E-state index in [4.69, 9.17) is 0 Å². The molecular weight excluding hydrogens is 190 g/mol. The lowest BCUT2D eigenvalue weighted by atomic mass is 9.81. The lowest BCUT2D eigenvalue weighted by molar-refractivity contribution is -0.158. The van der Waals surface area contributed by atoms with Crippen LogP contribution in [0.4, 0.5) is 0 Å². The second kappa shape index (κ2) is 4.12. The van der Waals surface area contributed by atoms with Crippen LogP contribution in [0.15, 0.2) is 0 Å². The number of rotatable bonds is 4. The molecular formula is C12H21NO2. The number of hydrogen-bond donors (Lipinski definition) is 1. The second-order valence-electron chi connectivity index (χ2n) is 5.23. The van der Waals surface area contributed by atoms with Crippen molar-refractivity contribution in [3.05, 3.63) is 0 Å². The minimum absolute atomic E-state index is 0.250. The standard InChI is InChI=1S/C12H21NO2/c1-2-6-12(15)8-13(9-12)11(14)7-10-4-3-5-10/h10,15H,2-9H2,1H3. The van der Waals surface area contributed by atoms with Gasteiger partial charge in [-0.25, -0.2) is 0 Å². The fraction of sp³-hybridized carbons (Fsp3) is 0.917. The monoisotopic (exact) mass is 211 g/mol. The molecule has 1 N–H and O–H groups in total. The highest BCUT2D eigenvalue weighted by atomic mass is 16.3. The number of carbonyl (C=O) groups is 1. The molecule has 1 aliphatic carbocycles. The summed E-state index contributed by atoms with van der Waals surface area (Å²) in [4.78, 5) is 13.5. The van der Waals surface area contributed by atoms with Crippen molar-refractivity contribution < 1.29 is 9.90 Å². The molecule has 2 aliphatic rings. The molecule has 0 spiro atoms. The Kier molecular flexibility index (Phi) is 3.01. The summed E-state index contributed by atoms with van der Waals surface area (Å²) in [6, 6.07) is 0. The normalized spacial score (nSPS) is 24.5. The largest absolute Gasteiger partial charge is 0.386 e. The zero-order valence-electron chi connectivity index (χ0n) is 9.54. The lowest BCUT2D eigenvalue weighted by Crippen LogP contribution is -2.63. The fourth-order valence-corrected chi connectivity index (χ4v) is 2.54. The van der Waals surface area contributed by atoms with Gasteiger partial charge in [-0.3, -0.25) is 4.79 Å². The molecule has 86 valence electrons. The van der Waals surface area contributed by atoms with Gasteiger partial charge in [-0.15, -0.1) is 0 Å². The Morgan fingerprint density at radius 2 is 2.13 bits per heavy atom. The zero-order valence-corrected chi connectivity index (χ0v) is 9.54. The molecule has 1 amide bonds. The summed E-state index contributed by atoms with van der Waals surface area (Å²) in [5, 5.41) is 9.94. The van der Waals surface area contributed by atoms with E-state index in [9.17, 15) is 9.90 Å². The van der Waals surface area contributed by atoms with Crippen molar-refractivity contribution in [2.75, 3.05) is 13.1 Å². The van der Waals surface area contributed by atoms with Gasteiger partial charge in [0.2, 0.25) is 5.91 Å². The van der Waals surface area contributed by atoms with Crippen LogP contribution in [0.1, 0.15) is 45.4 Å². The molecule has 15 heavy (non-hydrogen) atoms. The minimum Gasteiger partial charge on any atom is -0.386 e. The van der Waals surface area contributed by atoms with Gasteiger partial charge in [-0.2, -0.15) is 0 Å². The number of aliphatic hydroxyl groups is 1. The summed E-state index contributed by atoms with van der Waals surface area (Å²) < 4.78 is 0. The summed E-state index contributed by atoms with van der Waals surface area (Å²) >= 11 is 0. The number of nitrogens with zero attached hydrogens (tertiary/aromatic N) is 1. The van der Waals surface area contributed by atoms with Crippen LogP contribution in [0.5, 0.6) is 0 Å². The van der Waals surface area contributed by atoms with Crippen LogP contribution < -0.4 is 0 Å². The highest BCUT2D eigenvalue weighted by Crippen LogP contribution is 2.32. The lowest BCUT2D eigenvalue weighted by Gasteiger charge is -2.47. The number of carbonyl (C=O) groups excluding carboxylic acids is 1. The van der Waals surface area contributed by atoms with Gasteiger partial charge < -0.3 is 10.0 Å². The second-order valence-corrected chi connectivity index (χ2v) is 5.23. The number of β-amino-alcohol motifs (C(OH)–C–C–N with tert-alkyl or cyclic N) is 1. The molecule has 0 bridgehead atoms. The third-order valence-corrected chi connectivity index (χ3v) is 3.73. The summed E-state index contributed by atoms with van der Waals surface area (Å²) in [6.07, 6.45) is 6.25. The summed E-state index contributed by atoms with van der Waals surface area (Å²) in [5.74, 6) is 0.887. The van der Waals surface area contributed by atoms with Crippen LogP contribution in [0, 0.1) is 5.92 Å². The van der Waals surface area contributed by atoms with E-state index in [1.54, 1.807) is 0 Å². The van der Waals surface area contributed by atoms with Gasteiger partial charge in [0.25, 0.3) is 0 Å². The van der Waals surface area contributed by atoms with Crippen molar-refractivity contribution in [2.24, 2.45) is 5.92 Å². The van der Waals surface area contributed by atoms with Gasteiger partial charge in [0.05, 0.1) is 18.7 Å². The summed E-state index contributed by atoms with van der Waals surface area (Å²) in [5.41, 5.74) is -0.565. The van der Waals surface area contributed by atoms with Crippen molar-refractivity contribution in [1.82, 2.24) is 4.90 Å². The predicted molar refractivity (Wildman–Crippen MR) is 58.4 cm³/mol. The minimum atomic E-state index is -0.565. The van der Waals surface area contributed by atoms with Crippen molar-refractivity contribution in [1.29, 1.82) is 0 Å². The molecule has 1 heterocycles. The van der Waals surface area contributed by atoms with Crippen molar-refractivity contribution >= 4 is 5.91 Å². The van der Waals surface area contributed by atoms with Crippen molar-refractivity contribution in [3.8, 4) is 0 Å². The van der Waals surface area contributed by atoms with Crippen LogP contribution in [0.25, 0.3) is 0 Å². The molecule has 2 fully saturated rings. The van der Waals surface area contributed by atoms with E-state index in [2.05, 4.69) is 6.92 Å². The molecule has 1 saturated heterocycles. The van der Waals surface area contributed by atoms with Crippen molar-refractivity contribution in [3.63, 3.8) is 0 Å². The molecule has 2 rings (SSSR count). The topological polar surface area (TPSA) is 40.5 Å². The number of amides is 1. The Labute approximate surface area is 91.5 Å². The van der Waals surface area contributed by atoms with Crippen LogP contribution in [0.2, 0.25) is 0 Å². The van der Waals surface area contributed by atoms with Gasteiger partial charge in [0.1, 0.15) is 0 Å². The maximum Gasteiger partial charge on any atom is 0.223 e. The third-order valence-electron chi connectivity index (χ3n) is 3.73. The predicted octanol–water partition coefficient (Wildman–Crippen LogP) is 1.55. The van der Waals surface area contributed by atoms with Gasteiger partial charge in [0.15, 0.2) is 0 Å². The van der Waals surface area contributed by atoms with E-state index < -0.39 is 5.60 Å². The first-order valence-electron chi connectivity index (χ1n) is 6.13. The Hall–Kier alpha value is -0.570. The number of hydrogen-bond acceptors (Lipinski definition) is 2. The first-order valence-corrected chi connectivity index (χ1v) is 6.13. The molecule has 0 atom stereocenters. The van der Waals surface area contributed by atoms with Gasteiger partial charge >= 0.3 is 0 Å². The van der Waals surface area contributed by atoms with Crippen LogP contribution in [-0.4, -0.2) is 34.6 Å². The first-order chi connectivity index (χ1) is 7.13. The molecule has 0 radical (unpaired) electrons. The molecule has 3 heteroatoms. The van der Waals surface area contributed by atoms with Gasteiger partial charge in [-0.1, -0.05) is 19.8 Å². The van der Waals surface area contributed by atoms with Crippen molar-refractivity contribution in [2.45, 2.75) is 51.0 Å². The van der Waals surface area contributed by atoms with E-state index in [1.165, 1.54) is 19.3 Å². The summed E-state index contributed by atoms with van der Waals surface area (Å²) in [6.45, 7) is 3.19. The maximum atomic E-state index is 11.7. The van der Waals surface area contributed by atoms with Gasteiger partial charge in [0, 0.05) is 6.42 Å². The van der Waals surface area contributed by atoms with Crippen LogP contribution in [0.3, 0.4) is 0 Å². The average molecular weight is 211 g/mol. The zero-order chi connectivity index (χ0) is 10.9. The van der Waals surface area contributed by atoms with E-state index in [0.29, 0.717) is 25.4 Å². The van der Waals surface area contributed by atoms with E-state index >= 15 is 0 Å². The smallest absolute Gasteiger partial charge is 0.223 e. The molecule has 0 aromatic carbocycles. The number of likely N-dealkylation sites (tertiary alicyclic amines) is 1. The molecule has 0 aromatic rings. The Morgan fingerprint density at radius 3 is 2.60 bits per heavy atom. The SMILES string of the molecule is CCCC1(O)CN(C(=O)CC2CCC2)C1. The van der Waals surface area contributed by atoms with E-state index in [-0.39, 0.29) is 5.91 Å². The van der Waals surface area contributed by atoms with E-state index in [0.717, 1.165) is 12.8 Å². The Bertz CT molecular complexity index is 242. The Balaban J connectivity index is 1.71. The van der Waals surface area contributed by atoms with Crippen LogP contribution in [-0.2, 0) is 4.79 Å². The highest BCUT2D eigenvalue weighted by Gasteiger charge is 2.42. The first kappa shape index (κ1) is 10.9. The molecule has 0 aromatic heterocycles. The molecule has 3 nitrogen and oxygen atoms in total. The fourth-order valence-electron chi connectivity index (χ4n) is 2.54. The Morgan fingerprint density at radius 1 is 1.47 bits per heavy atom. The maximum absolute atomic E-state index is 11.7. The molecule has 1 saturated carbocycles. The third kappa shape index (κ3) is 2.33. The quantitative estimate of drug-likeness (QED) is 0.766. The van der Waals surface area contributed by atoms with E-state index in [1.807, 2.05) is 4.90 Å². The van der Waals surface area contributed by atoms with Crippen LogP contribution >= 0.6 is 0 Å². The molecule has 1 aliphatic heterocycles. The molecule has 0 unspecified atom stereocenters.